The van der Waals surface area contributed by atoms with Gasteiger partial charge < -0.3 is 10.2 Å². The summed E-state index contributed by atoms with van der Waals surface area (Å²) in [7, 11) is -2.26. The molecule has 0 aromatic heterocycles. The normalized spacial score (nSPS) is 12.0. The van der Waals surface area contributed by atoms with E-state index in [-0.39, 0.29) is 18.9 Å². The summed E-state index contributed by atoms with van der Waals surface area (Å²) in [5, 5.41) is 3.19. The standard InChI is InChI=1S/C26H28ClN3O4S/c1-28-26(32)24(17-20-9-5-3-6-10-20)29(18-21-13-15-22(27)16-14-21)25(31)19-30(35(2,33)34)23-11-7-4-8-12-23/h3-16,24H,17-19H2,1-2H3,(H,28,32)/t24-/m0/s1. The Morgan fingerprint density at radius 3 is 2.00 bits per heavy atom. The van der Waals surface area contributed by atoms with Crippen molar-refractivity contribution in [2.45, 2.75) is 19.0 Å². The van der Waals surface area contributed by atoms with E-state index in [0.29, 0.717) is 10.7 Å². The molecule has 0 saturated heterocycles. The zero-order valence-electron chi connectivity index (χ0n) is 19.6. The van der Waals surface area contributed by atoms with Gasteiger partial charge in [-0.05, 0) is 35.4 Å². The van der Waals surface area contributed by atoms with E-state index in [0.717, 1.165) is 21.7 Å². The van der Waals surface area contributed by atoms with E-state index in [2.05, 4.69) is 5.32 Å². The molecule has 0 spiro atoms. The first kappa shape index (κ1) is 26.2. The van der Waals surface area contributed by atoms with E-state index in [9.17, 15) is 18.0 Å². The van der Waals surface area contributed by atoms with Crippen LogP contribution in [0.2, 0.25) is 5.02 Å². The first-order valence-electron chi connectivity index (χ1n) is 11.0. The van der Waals surface area contributed by atoms with E-state index in [1.165, 1.54) is 11.9 Å². The first-order valence-corrected chi connectivity index (χ1v) is 13.2. The van der Waals surface area contributed by atoms with E-state index in [1.54, 1.807) is 54.6 Å². The van der Waals surface area contributed by atoms with Crippen molar-refractivity contribution in [3.63, 3.8) is 0 Å². The minimum absolute atomic E-state index is 0.104. The smallest absolute Gasteiger partial charge is 0.244 e. The Labute approximate surface area is 211 Å². The Balaban J connectivity index is 2.00. The van der Waals surface area contributed by atoms with Gasteiger partial charge in [0.05, 0.1) is 11.9 Å². The van der Waals surface area contributed by atoms with Gasteiger partial charge in [0.15, 0.2) is 0 Å². The molecule has 0 radical (unpaired) electrons. The van der Waals surface area contributed by atoms with Gasteiger partial charge in [-0.25, -0.2) is 8.42 Å². The molecule has 3 rings (SSSR count). The second-order valence-electron chi connectivity index (χ2n) is 8.07. The van der Waals surface area contributed by atoms with Gasteiger partial charge in [-0.1, -0.05) is 72.3 Å². The van der Waals surface area contributed by atoms with Crippen LogP contribution in [0.3, 0.4) is 0 Å². The van der Waals surface area contributed by atoms with Crippen molar-refractivity contribution < 1.29 is 18.0 Å². The summed E-state index contributed by atoms with van der Waals surface area (Å²) in [5.74, 6) is -0.847. The fraction of sp³-hybridized carbons (Fsp3) is 0.231. The van der Waals surface area contributed by atoms with Crippen molar-refractivity contribution in [1.29, 1.82) is 0 Å². The Morgan fingerprint density at radius 2 is 1.46 bits per heavy atom. The third-order valence-corrected chi connectivity index (χ3v) is 6.90. The quantitative estimate of drug-likeness (QED) is 0.449. The third-order valence-electron chi connectivity index (χ3n) is 5.51. The Bertz CT molecular complexity index is 1240. The van der Waals surface area contributed by atoms with Crippen molar-refractivity contribution in [3.05, 3.63) is 101 Å². The number of hydrogen-bond donors (Lipinski definition) is 1. The van der Waals surface area contributed by atoms with Gasteiger partial charge >= 0.3 is 0 Å². The number of hydrogen-bond acceptors (Lipinski definition) is 4. The fourth-order valence-electron chi connectivity index (χ4n) is 3.72. The van der Waals surface area contributed by atoms with Crippen LogP contribution in [0.5, 0.6) is 0 Å². The highest BCUT2D eigenvalue weighted by Gasteiger charge is 2.32. The molecule has 0 heterocycles. The largest absolute Gasteiger partial charge is 0.357 e. The molecular weight excluding hydrogens is 486 g/mol. The second kappa shape index (κ2) is 11.9. The number of benzene rings is 3. The molecule has 1 atom stereocenters. The lowest BCUT2D eigenvalue weighted by molar-refractivity contribution is -0.139. The van der Waals surface area contributed by atoms with Crippen LogP contribution >= 0.6 is 11.6 Å². The topological polar surface area (TPSA) is 86.8 Å². The minimum Gasteiger partial charge on any atom is -0.357 e. The maximum Gasteiger partial charge on any atom is 0.244 e. The SMILES string of the molecule is CNC(=O)[C@H](Cc1ccccc1)N(Cc1ccc(Cl)cc1)C(=O)CN(c1ccccc1)S(C)(=O)=O. The van der Waals surface area contributed by atoms with Crippen LogP contribution in [0.1, 0.15) is 11.1 Å². The van der Waals surface area contributed by atoms with E-state index in [4.69, 9.17) is 11.6 Å². The number of nitrogens with zero attached hydrogens (tertiary/aromatic N) is 2. The van der Waals surface area contributed by atoms with Gasteiger partial charge in [-0.3, -0.25) is 13.9 Å². The second-order valence-corrected chi connectivity index (χ2v) is 10.4. The summed E-state index contributed by atoms with van der Waals surface area (Å²) in [6, 6.07) is 23.9. The predicted molar refractivity (Wildman–Crippen MR) is 139 cm³/mol. The number of rotatable bonds is 10. The average molecular weight is 514 g/mol. The Kier molecular flexibility index (Phi) is 8.89. The number of anilines is 1. The summed E-state index contributed by atoms with van der Waals surface area (Å²) >= 11 is 6.02. The van der Waals surface area contributed by atoms with Crippen LogP contribution in [0.4, 0.5) is 5.69 Å². The summed E-state index contributed by atoms with van der Waals surface area (Å²) < 4.78 is 26.2. The van der Waals surface area contributed by atoms with Crippen LogP contribution in [-0.4, -0.2) is 51.0 Å². The summed E-state index contributed by atoms with van der Waals surface area (Å²) in [5.41, 5.74) is 2.00. The van der Waals surface area contributed by atoms with Crippen molar-refractivity contribution >= 4 is 39.1 Å². The van der Waals surface area contributed by atoms with E-state index < -0.39 is 28.5 Å². The highest BCUT2D eigenvalue weighted by molar-refractivity contribution is 7.92. The number of nitrogens with one attached hydrogen (secondary N) is 1. The van der Waals surface area contributed by atoms with Crippen LogP contribution in [0.25, 0.3) is 0 Å². The highest BCUT2D eigenvalue weighted by atomic mass is 35.5. The molecule has 0 aliphatic heterocycles. The molecule has 0 unspecified atom stereocenters. The van der Waals surface area contributed by atoms with Gasteiger partial charge in [-0.2, -0.15) is 0 Å². The summed E-state index contributed by atoms with van der Waals surface area (Å²) in [6.07, 6.45) is 1.32. The van der Waals surface area contributed by atoms with Gasteiger partial charge in [0, 0.05) is 25.0 Å². The van der Waals surface area contributed by atoms with Crippen LogP contribution in [0.15, 0.2) is 84.9 Å². The third kappa shape index (κ3) is 7.31. The summed E-state index contributed by atoms with van der Waals surface area (Å²) in [6.45, 7) is -0.341. The maximum absolute atomic E-state index is 13.7. The van der Waals surface area contributed by atoms with Gasteiger partial charge in [0.1, 0.15) is 12.6 Å². The molecule has 35 heavy (non-hydrogen) atoms. The minimum atomic E-state index is -3.77. The van der Waals surface area contributed by atoms with E-state index >= 15 is 0 Å². The molecule has 184 valence electrons. The first-order chi connectivity index (χ1) is 16.7. The van der Waals surface area contributed by atoms with Crippen LogP contribution < -0.4 is 9.62 Å². The van der Waals surface area contributed by atoms with Gasteiger partial charge in [-0.15, -0.1) is 0 Å². The fourth-order valence-corrected chi connectivity index (χ4v) is 4.69. The monoisotopic (exact) mass is 513 g/mol. The molecule has 0 saturated carbocycles. The Hall–Kier alpha value is -3.36. The zero-order chi connectivity index (χ0) is 25.4. The number of para-hydroxylation sites is 1. The summed E-state index contributed by atoms with van der Waals surface area (Å²) in [4.78, 5) is 28.1. The molecule has 0 fully saturated rings. The van der Waals surface area contributed by atoms with E-state index in [1.807, 2.05) is 30.3 Å². The highest BCUT2D eigenvalue weighted by Crippen LogP contribution is 2.20. The lowest BCUT2D eigenvalue weighted by Crippen LogP contribution is -2.52. The predicted octanol–water partition coefficient (Wildman–Crippen LogP) is 3.49. The lowest BCUT2D eigenvalue weighted by Gasteiger charge is -2.33. The lowest BCUT2D eigenvalue weighted by atomic mass is 10.0. The number of sulfonamides is 1. The number of halogens is 1. The molecule has 0 aliphatic carbocycles. The number of amides is 2. The zero-order valence-corrected chi connectivity index (χ0v) is 21.2. The number of likely N-dealkylation sites (N-methyl/N-ethyl adjacent to an activating group) is 1. The molecule has 9 heteroatoms. The molecule has 3 aromatic rings. The van der Waals surface area contributed by atoms with Crippen molar-refractivity contribution in [2.24, 2.45) is 0 Å². The van der Waals surface area contributed by atoms with Gasteiger partial charge in [0.2, 0.25) is 21.8 Å². The molecule has 2 amide bonds. The molecule has 1 N–H and O–H groups in total. The average Bonchev–Trinajstić information content (AvgIpc) is 2.85. The number of carbonyl (C=O) groups is 2. The molecular formula is C26H28ClN3O4S. The van der Waals surface area contributed by atoms with Gasteiger partial charge in [0.25, 0.3) is 0 Å². The Morgan fingerprint density at radius 1 is 0.886 bits per heavy atom. The molecule has 7 nitrogen and oxygen atoms in total. The maximum atomic E-state index is 13.7. The van der Waals surface area contributed by atoms with Crippen molar-refractivity contribution in [2.75, 3.05) is 24.2 Å². The molecule has 3 aromatic carbocycles. The van der Waals surface area contributed by atoms with Crippen molar-refractivity contribution in [1.82, 2.24) is 10.2 Å². The number of carbonyl (C=O) groups excluding carboxylic acids is 2. The van der Waals surface area contributed by atoms with Crippen LogP contribution in [-0.2, 0) is 32.6 Å². The van der Waals surface area contributed by atoms with Crippen LogP contribution in [0, 0.1) is 0 Å². The molecule has 0 aliphatic rings. The molecule has 0 bridgehead atoms. The van der Waals surface area contributed by atoms with Crippen molar-refractivity contribution in [3.8, 4) is 0 Å².